The van der Waals surface area contributed by atoms with Crippen LogP contribution in [0.3, 0.4) is 0 Å². The number of nitrogens with one attached hydrogen (secondary N) is 2. The first-order valence-corrected chi connectivity index (χ1v) is 9.04. The number of amides is 2. The summed E-state index contributed by atoms with van der Waals surface area (Å²) in [5, 5.41) is 7.14. The van der Waals surface area contributed by atoms with Crippen molar-refractivity contribution in [3.63, 3.8) is 0 Å². The Morgan fingerprint density at radius 3 is 1.82 bits per heavy atom. The van der Waals surface area contributed by atoms with Crippen molar-refractivity contribution in [3.05, 3.63) is 102 Å². The van der Waals surface area contributed by atoms with E-state index in [9.17, 15) is 9.59 Å². The summed E-state index contributed by atoms with van der Waals surface area (Å²) in [6, 6.07) is 27.7. The smallest absolute Gasteiger partial charge is 0.271 e. The number of hydrazone groups is 1. The van der Waals surface area contributed by atoms with Crippen LogP contribution in [-0.2, 0) is 4.79 Å². The number of hydrogen-bond acceptors (Lipinski definition) is 3. The number of anilines is 1. The molecule has 140 valence electrons. The lowest BCUT2D eigenvalue weighted by atomic mass is 10.1. The van der Waals surface area contributed by atoms with E-state index in [0.29, 0.717) is 17.7 Å². The number of carbonyl (C=O) groups is 2. The summed E-state index contributed by atoms with van der Waals surface area (Å²) in [5.41, 5.74) is 5.38. The summed E-state index contributed by atoms with van der Waals surface area (Å²) in [4.78, 5) is 24.5. The summed E-state index contributed by atoms with van der Waals surface area (Å²) in [5.74, 6) is -0.396. The van der Waals surface area contributed by atoms with Crippen LogP contribution in [0, 0.1) is 0 Å². The van der Waals surface area contributed by atoms with Gasteiger partial charge in [-0.15, -0.1) is 0 Å². The Kier molecular flexibility index (Phi) is 6.68. The van der Waals surface area contributed by atoms with Crippen LogP contribution in [0.25, 0.3) is 0 Å². The lowest BCUT2D eigenvalue weighted by molar-refractivity contribution is -0.116. The summed E-state index contributed by atoms with van der Waals surface area (Å²) in [6.07, 6.45) is 0.654. The lowest BCUT2D eigenvalue weighted by Crippen LogP contribution is -2.21. The molecule has 5 heteroatoms. The molecule has 0 radical (unpaired) electrons. The van der Waals surface area contributed by atoms with Gasteiger partial charge in [-0.3, -0.25) is 9.59 Å². The minimum atomic E-state index is -0.289. The molecule has 2 N–H and O–H groups in total. The van der Waals surface area contributed by atoms with E-state index in [1.807, 2.05) is 66.7 Å². The Morgan fingerprint density at radius 1 is 0.679 bits per heavy atom. The van der Waals surface area contributed by atoms with E-state index in [-0.39, 0.29) is 18.2 Å². The molecule has 0 fully saturated rings. The van der Waals surface area contributed by atoms with Gasteiger partial charge in [0.2, 0.25) is 5.91 Å². The van der Waals surface area contributed by atoms with Crippen LogP contribution in [0.1, 0.15) is 28.8 Å². The first-order valence-electron chi connectivity index (χ1n) is 9.04. The van der Waals surface area contributed by atoms with Gasteiger partial charge < -0.3 is 5.32 Å². The predicted octanol–water partition coefficient (Wildman–Crippen LogP) is 4.24. The van der Waals surface area contributed by atoms with Crippen molar-refractivity contribution in [2.24, 2.45) is 5.10 Å². The van der Waals surface area contributed by atoms with Crippen LogP contribution in [0.15, 0.2) is 96.1 Å². The van der Waals surface area contributed by atoms with E-state index in [1.54, 1.807) is 24.3 Å². The van der Waals surface area contributed by atoms with Crippen LogP contribution in [0.4, 0.5) is 5.69 Å². The molecule has 2 amide bonds. The van der Waals surface area contributed by atoms with Crippen molar-refractivity contribution in [2.75, 3.05) is 5.32 Å². The number of benzene rings is 3. The molecule has 5 nitrogen and oxygen atoms in total. The third-order valence-corrected chi connectivity index (χ3v) is 4.08. The van der Waals surface area contributed by atoms with E-state index in [2.05, 4.69) is 15.8 Å². The van der Waals surface area contributed by atoms with Gasteiger partial charge in [0.25, 0.3) is 5.91 Å². The van der Waals surface area contributed by atoms with Gasteiger partial charge in [-0.25, -0.2) is 5.43 Å². The molecule has 3 aromatic rings. The minimum Gasteiger partial charge on any atom is -0.326 e. The molecule has 0 spiro atoms. The maximum absolute atomic E-state index is 12.3. The van der Waals surface area contributed by atoms with E-state index >= 15 is 0 Å². The number of hydrogen-bond donors (Lipinski definition) is 2. The second kappa shape index (κ2) is 9.83. The van der Waals surface area contributed by atoms with Crippen molar-refractivity contribution < 1.29 is 9.59 Å². The van der Waals surface area contributed by atoms with Gasteiger partial charge in [0.1, 0.15) is 0 Å². The highest BCUT2D eigenvalue weighted by Gasteiger charge is 2.10. The third-order valence-electron chi connectivity index (χ3n) is 4.08. The first-order chi connectivity index (χ1) is 13.7. The van der Waals surface area contributed by atoms with E-state index in [1.165, 1.54) is 0 Å². The topological polar surface area (TPSA) is 70.6 Å². The van der Waals surface area contributed by atoms with E-state index < -0.39 is 0 Å². The largest absolute Gasteiger partial charge is 0.326 e. The number of para-hydroxylation sites is 1. The van der Waals surface area contributed by atoms with Crippen molar-refractivity contribution in [2.45, 2.75) is 12.8 Å². The molecule has 0 aliphatic rings. The zero-order valence-corrected chi connectivity index (χ0v) is 15.3. The SMILES string of the molecule is O=C(CC/C(=N\NC(=O)c1ccccc1)c1ccccc1)Nc1ccccc1. The van der Waals surface area contributed by atoms with Crippen molar-refractivity contribution in [1.82, 2.24) is 5.43 Å². The van der Waals surface area contributed by atoms with Gasteiger partial charge >= 0.3 is 0 Å². The fraction of sp³-hybridized carbons (Fsp3) is 0.0870. The predicted molar refractivity (Wildman–Crippen MR) is 111 cm³/mol. The maximum Gasteiger partial charge on any atom is 0.271 e. The molecule has 0 atom stereocenters. The van der Waals surface area contributed by atoms with Gasteiger partial charge in [-0.05, 0) is 29.8 Å². The summed E-state index contributed by atoms with van der Waals surface area (Å²) < 4.78 is 0. The average molecular weight is 371 g/mol. The first kappa shape index (κ1) is 19.0. The molecule has 0 aliphatic heterocycles. The van der Waals surface area contributed by atoms with Crippen LogP contribution < -0.4 is 10.7 Å². The highest BCUT2D eigenvalue weighted by Crippen LogP contribution is 2.10. The summed E-state index contributed by atoms with van der Waals surface area (Å²) in [7, 11) is 0. The highest BCUT2D eigenvalue weighted by molar-refractivity contribution is 6.04. The maximum atomic E-state index is 12.3. The Balaban J connectivity index is 1.67. The zero-order valence-electron chi connectivity index (χ0n) is 15.3. The zero-order chi connectivity index (χ0) is 19.6. The molecular weight excluding hydrogens is 350 g/mol. The van der Waals surface area contributed by atoms with Crippen LogP contribution in [0.5, 0.6) is 0 Å². The minimum absolute atomic E-state index is 0.107. The van der Waals surface area contributed by atoms with E-state index in [0.717, 1.165) is 11.3 Å². The van der Waals surface area contributed by atoms with Gasteiger partial charge in [-0.2, -0.15) is 5.10 Å². The second-order valence-electron chi connectivity index (χ2n) is 6.15. The number of carbonyl (C=O) groups excluding carboxylic acids is 2. The summed E-state index contributed by atoms with van der Waals surface area (Å²) >= 11 is 0. The molecule has 0 bridgehead atoms. The third kappa shape index (κ3) is 5.64. The molecule has 28 heavy (non-hydrogen) atoms. The molecule has 3 aromatic carbocycles. The van der Waals surface area contributed by atoms with Crippen LogP contribution in [-0.4, -0.2) is 17.5 Å². The number of rotatable bonds is 7. The lowest BCUT2D eigenvalue weighted by Gasteiger charge is -2.09. The number of nitrogens with zero attached hydrogens (tertiary/aromatic N) is 1. The van der Waals surface area contributed by atoms with E-state index in [4.69, 9.17) is 0 Å². The average Bonchev–Trinajstić information content (AvgIpc) is 2.75. The molecule has 0 heterocycles. The van der Waals surface area contributed by atoms with Crippen molar-refractivity contribution >= 4 is 23.2 Å². The Morgan fingerprint density at radius 2 is 1.21 bits per heavy atom. The molecule has 3 rings (SSSR count). The monoisotopic (exact) mass is 371 g/mol. The van der Waals surface area contributed by atoms with Crippen molar-refractivity contribution in [3.8, 4) is 0 Å². The van der Waals surface area contributed by atoms with Crippen LogP contribution in [0.2, 0.25) is 0 Å². The van der Waals surface area contributed by atoms with Gasteiger partial charge in [0.15, 0.2) is 0 Å². The van der Waals surface area contributed by atoms with Gasteiger partial charge in [0.05, 0.1) is 5.71 Å². The second-order valence-corrected chi connectivity index (χ2v) is 6.15. The summed E-state index contributed by atoms with van der Waals surface area (Å²) in [6.45, 7) is 0. The fourth-order valence-electron chi connectivity index (χ4n) is 2.64. The normalized spacial score (nSPS) is 10.9. The van der Waals surface area contributed by atoms with Crippen LogP contribution >= 0.6 is 0 Å². The quantitative estimate of drug-likeness (QED) is 0.482. The Bertz CT molecular complexity index is 939. The molecule has 0 unspecified atom stereocenters. The fourth-order valence-corrected chi connectivity index (χ4v) is 2.64. The molecule has 0 saturated carbocycles. The van der Waals surface area contributed by atoms with Gasteiger partial charge in [0, 0.05) is 24.1 Å². The molecular formula is C23H21N3O2. The Hall–Kier alpha value is -3.73. The molecule has 0 aliphatic carbocycles. The molecule has 0 saturated heterocycles. The Labute approximate surface area is 164 Å². The standard InChI is InChI=1S/C23H21N3O2/c27-22(24-20-14-8-3-9-15-20)17-16-21(18-10-4-1-5-11-18)25-26-23(28)19-12-6-2-7-13-19/h1-15H,16-17H2,(H,24,27)(H,26,28)/b25-21+. The molecule has 0 aromatic heterocycles. The highest BCUT2D eigenvalue weighted by atomic mass is 16.2. The van der Waals surface area contributed by atoms with Gasteiger partial charge in [-0.1, -0.05) is 66.7 Å². The van der Waals surface area contributed by atoms with Crippen molar-refractivity contribution in [1.29, 1.82) is 0 Å².